The largest absolute Gasteiger partial charge is 0.349 e. The quantitative estimate of drug-likeness (QED) is 0.404. The molecule has 5 heteroatoms. The number of rotatable bonds is 4. The predicted octanol–water partition coefficient (Wildman–Crippen LogP) is 2.84. The number of piperidine rings is 1. The van der Waals surface area contributed by atoms with Gasteiger partial charge in [-0.2, -0.15) is 0 Å². The highest BCUT2D eigenvalue weighted by Gasteiger charge is 2.25. The van der Waals surface area contributed by atoms with Gasteiger partial charge in [0, 0.05) is 34.2 Å². The Morgan fingerprint density at radius 3 is 1.95 bits per heavy atom. The molecule has 1 unspecified atom stereocenters. The summed E-state index contributed by atoms with van der Waals surface area (Å²) in [5, 5.41) is 0. The molecule has 1 rings (SSSR count). The Bertz CT molecular complexity index is 297. The molecule has 1 aliphatic rings. The first kappa shape index (κ1) is 21.0. The first-order valence-electron chi connectivity index (χ1n) is 7.96. The van der Waals surface area contributed by atoms with Crippen molar-refractivity contribution in [2.45, 2.75) is 39.7 Å². The molecule has 4 nitrogen and oxygen atoms in total. The van der Waals surface area contributed by atoms with Crippen molar-refractivity contribution in [2.24, 2.45) is 16.8 Å². The minimum Gasteiger partial charge on any atom is -0.349 e. The topological polar surface area (TPSA) is 22.1 Å². The van der Waals surface area contributed by atoms with Crippen LogP contribution >= 0.6 is 24.0 Å². The lowest BCUT2D eigenvalue weighted by Crippen LogP contribution is -2.46. The summed E-state index contributed by atoms with van der Waals surface area (Å²) in [7, 11) is 8.25. The van der Waals surface area contributed by atoms with Gasteiger partial charge in [-0.25, -0.2) is 0 Å². The van der Waals surface area contributed by atoms with Crippen molar-refractivity contribution in [1.82, 2.24) is 14.7 Å². The summed E-state index contributed by atoms with van der Waals surface area (Å²) in [4.78, 5) is 11.7. The molecular weight excluding hydrogens is 375 g/mol. The molecule has 0 bridgehead atoms. The van der Waals surface area contributed by atoms with Crippen LogP contribution in [0, 0.1) is 11.8 Å². The van der Waals surface area contributed by atoms with E-state index in [0.717, 1.165) is 18.4 Å². The normalized spacial score (nSPS) is 18.1. The Labute approximate surface area is 149 Å². The Morgan fingerprint density at radius 2 is 1.57 bits per heavy atom. The Kier molecular flexibility index (Phi) is 9.85. The number of nitrogens with zero attached hydrogens (tertiary/aromatic N) is 4. The lowest BCUT2D eigenvalue weighted by Gasteiger charge is -2.38. The minimum absolute atomic E-state index is 0. The number of hydrogen-bond donors (Lipinski definition) is 0. The molecule has 0 amide bonds. The number of aliphatic imine (C=N–C) groups is 1. The molecule has 1 atom stereocenters. The van der Waals surface area contributed by atoms with Crippen LogP contribution < -0.4 is 0 Å². The Morgan fingerprint density at radius 1 is 1.10 bits per heavy atom. The van der Waals surface area contributed by atoms with Gasteiger partial charge in [0.05, 0.1) is 6.54 Å². The van der Waals surface area contributed by atoms with Gasteiger partial charge in [-0.05, 0) is 37.8 Å². The molecule has 1 saturated heterocycles. The molecule has 0 saturated carbocycles. The van der Waals surface area contributed by atoms with Crippen molar-refractivity contribution in [3.05, 3.63) is 0 Å². The Balaban J connectivity index is 0.00000400. The monoisotopic (exact) mass is 410 g/mol. The molecule has 1 fully saturated rings. The third-order valence-corrected chi connectivity index (χ3v) is 4.28. The van der Waals surface area contributed by atoms with Gasteiger partial charge in [0.1, 0.15) is 0 Å². The molecule has 0 aromatic carbocycles. The van der Waals surface area contributed by atoms with Crippen LogP contribution in [-0.4, -0.2) is 74.5 Å². The third-order valence-electron chi connectivity index (χ3n) is 4.28. The summed E-state index contributed by atoms with van der Waals surface area (Å²) in [5.41, 5.74) is 0. The first-order chi connectivity index (χ1) is 9.32. The SMILES string of the molecule is CC1CCN(C(CN=C(N(C)C)N(C)C)C(C)C)CC1.I. The van der Waals surface area contributed by atoms with Crippen LogP contribution in [0.2, 0.25) is 0 Å². The van der Waals surface area contributed by atoms with Gasteiger partial charge in [0.2, 0.25) is 0 Å². The molecule has 1 heterocycles. The van der Waals surface area contributed by atoms with Gasteiger partial charge < -0.3 is 9.80 Å². The van der Waals surface area contributed by atoms with E-state index in [1.807, 2.05) is 0 Å². The predicted molar refractivity (Wildman–Crippen MR) is 104 cm³/mol. The second-order valence-corrected chi connectivity index (χ2v) is 6.96. The molecule has 0 aromatic heterocycles. The van der Waals surface area contributed by atoms with Crippen LogP contribution in [0.4, 0.5) is 0 Å². The van der Waals surface area contributed by atoms with Crippen molar-refractivity contribution in [1.29, 1.82) is 0 Å². The van der Waals surface area contributed by atoms with Gasteiger partial charge in [0.15, 0.2) is 5.96 Å². The average Bonchev–Trinajstić information content (AvgIpc) is 2.34. The summed E-state index contributed by atoms with van der Waals surface area (Å²) in [6.45, 7) is 10.4. The second-order valence-electron chi connectivity index (χ2n) is 6.96. The lowest BCUT2D eigenvalue weighted by molar-refractivity contribution is 0.113. The first-order valence-corrected chi connectivity index (χ1v) is 7.96. The fourth-order valence-corrected chi connectivity index (χ4v) is 2.97. The van der Waals surface area contributed by atoms with Gasteiger partial charge in [-0.3, -0.25) is 9.89 Å². The maximum Gasteiger partial charge on any atom is 0.195 e. The van der Waals surface area contributed by atoms with Crippen molar-refractivity contribution >= 4 is 29.9 Å². The van der Waals surface area contributed by atoms with E-state index < -0.39 is 0 Å². The lowest BCUT2D eigenvalue weighted by atomic mass is 9.94. The number of likely N-dealkylation sites (tertiary alicyclic amines) is 1. The minimum atomic E-state index is 0. The van der Waals surface area contributed by atoms with Crippen LogP contribution in [0.25, 0.3) is 0 Å². The number of hydrogen-bond acceptors (Lipinski definition) is 2. The van der Waals surface area contributed by atoms with Crippen molar-refractivity contribution in [3.63, 3.8) is 0 Å². The molecule has 0 radical (unpaired) electrons. The van der Waals surface area contributed by atoms with E-state index in [9.17, 15) is 0 Å². The molecule has 0 spiro atoms. The third kappa shape index (κ3) is 6.72. The summed E-state index contributed by atoms with van der Waals surface area (Å²) < 4.78 is 0. The molecule has 126 valence electrons. The van der Waals surface area contributed by atoms with Crippen molar-refractivity contribution < 1.29 is 0 Å². The second kappa shape index (κ2) is 9.87. The van der Waals surface area contributed by atoms with Crippen LogP contribution in [0.15, 0.2) is 4.99 Å². The number of guanidine groups is 1. The summed E-state index contributed by atoms with van der Waals surface area (Å²) in [6.07, 6.45) is 2.67. The molecule has 0 aliphatic carbocycles. The van der Waals surface area contributed by atoms with E-state index in [2.05, 4.69) is 63.7 Å². The standard InChI is InChI=1S/C16H34N4.HI/c1-13(2)15(20-10-8-14(3)9-11-20)12-17-16(18(4)5)19(6)7;/h13-15H,8-12H2,1-7H3;1H. The maximum absolute atomic E-state index is 4.87. The van der Waals surface area contributed by atoms with Crippen molar-refractivity contribution in [2.75, 3.05) is 47.8 Å². The van der Waals surface area contributed by atoms with E-state index in [1.165, 1.54) is 25.9 Å². The van der Waals surface area contributed by atoms with Gasteiger partial charge in [-0.15, -0.1) is 24.0 Å². The molecule has 21 heavy (non-hydrogen) atoms. The van der Waals surface area contributed by atoms with Crippen LogP contribution in [0.3, 0.4) is 0 Å². The zero-order valence-corrected chi connectivity index (χ0v) is 17.3. The smallest absolute Gasteiger partial charge is 0.195 e. The van der Waals surface area contributed by atoms with E-state index in [4.69, 9.17) is 4.99 Å². The van der Waals surface area contributed by atoms with Crippen LogP contribution in [-0.2, 0) is 0 Å². The molecule has 0 aromatic rings. The van der Waals surface area contributed by atoms with E-state index in [1.54, 1.807) is 0 Å². The summed E-state index contributed by atoms with van der Waals surface area (Å²) in [6, 6.07) is 0.567. The van der Waals surface area contributed by atoms with Gasteiger partial charge in [-0.1, -0.05) is 20.8 Å². The molecule has 0 N–H and O–H groups in total. The zero-order valence-electron chi connectivity index (χ0n) is 15.0. The number of halogens is 1. The van der Waals surface area contributed by atoms with E-state index in [-0.39, 0.29) is 24.0 Å². The van der Waals surface area contributed by atoms with E-state index in [0.29, 0.717) is 12.0 Å². The van der Waals surface area contributed by atoms with Crippen LogP contribution in [0.1, 0.15) is 33.6 Å². The molecular formula is C16H35IN4. The molecule has 1 aliphatic heterocycles. The van der Waals surface area contributed by atoms with Crippen LogP contribution in [0.5, 0.6) is 0 Å². The fraction of sp³-hybridized carbons (Fsp3) is 0.938. The highest BCUT2D eigenvalue weighted by atomic mass is 127. The van der Waals surface area contributed by atoms with Crippen molar-refractivity contribution in [3.8, 4) is 0 Å². The van der Waals surface area contributed by atoms with Gasteiger partial charge in [0.25, 0.3) is 0 Å². The maximum atomic E-state index is 4.87. The summed E-state index contributed by atoms with van der Waals surface area (Å²) >= 11 is 0. The zero-order chi connectivity index (χ0) is 15.3. The average molecular weight is 410 g/mol. The highest BCUT2D eigenvalue weighted by Crippen LogP contribution is 2.21. The van der Waals surface area contributed by atoms with Gasteiger partial charge >= 0.3 is 0 Å². The summed E-state index contributed by atoms with van der Waals surface area (Å²) in [5.74, 6) is 2.60. The van der Waals surface area contributed by atoms with E-state index >= 15 is 0 Å². The Hall–Kier alpha value is -0.0400. The fourth-order valence-electron chi connectivity index (χ4n) is 2.97. The highest BCUT2D eigenvalue weighted by molar-refractivity contribution is 14.0.